The summed E-state index contributed by atoms with van der Waals surface area (Å²) in [6.07, 6.45) is 1.74. The molecule has 1 heterocycles. The highest BCUT2D eigenvalue weighted by Crippen LogP contribution is 2.26. The van der Waals surface area contributed by atoms with Crippen LogP contribution in [0.3, 0.4) is 0 Å². The van der Waals surface area contributed by atoms with Gasteiger partial charge in [-0.1, -0.05) is 36.4 Å². The van der Waals surface area contributed by atoms with Crippen LogP contribution in [0, 0.1) is 0 Å². The van der Waals surface area contributed by atoms with Crippen LogP contribution in [0.2, 0.25) is 0 Å². The molecule has 9 nitrogen and oxygen atoms in total. The molecule has 0 aliphatic carbocycles. The van der Waals surface area contributed by atoms with E-state index in [4.69, 9.17) is 0 Å². The Hall–Kier alpha value is -4.02. The van der Waals surface area contributed by atoms with E-state index >= 15 is 0 Å². The maximum absolute atomic E-state index is 13.7. The molecule has 3 aromatic carbocycles. The fourth-order valence-corrected chi connectivity index (χ4v) is 6.04. The quantitative estimate of drug-likeness (QED) is 0.425. The normalized spacial score (nSPS) is 13.9. The molecule has 0 spiro atoms. The zero-order chi connectivity index (χ0) is 27.8. The van der Waals surface area contributed by atoms with E-state index in [0.29, 0.717) is 6.54 Å². The minimum atomic E-state index is -4.31. The van der Waals surface area contributed by atoms with E-state index in [2.05, 4.69) is 10.6 Å². The van der Waals surface area contributed by atoms with Crippen molar-refractivity contribution in [2.24, 2.45) is 0 Å². The predicted molar refractivity (Wildman–Crippen MR) is 149 cm³/mol. The summed E-state index contributed by atoms with van der Waals surface area (Å²) in [5.74, 6) is -1.35. The van der Waals surface area contributed by atoms with Gasteiger partial charge in [-0.15, -0.1) is 0 Å². The lowest BCUT2D eigenvalue weighted by Gasteiger charge is -2.34. The number of hydrogen-bond acceptors (Lipinski definition) is 6. The van der Waals surface area contributed by atoms with Crippen LogP contribution >= 0.6 is 0 Å². The van der Waals surface area contributed by atoms with Crippen molar-refractivity contribution in [3.05, 3.63) is 96.1 Å². The van der Waals surface area contributed by atoms with Gasteiger partial charge in [-0.05, 0) is 81.4 Å². The first kappa shape index (κ1) is 28.0. The van der Waals surface area contributed by atoms with Gasteiger partial charge in [0.1, 0.15) is 0 Å². The van der Waals surface area contributed by atoms with E-state index in [9.17, 15) is 22.8 Å². The molecule has 3 amide bonds. The Kier molecular flexibility index (Phi) is 9.11. The van der Waals surface area contributed by atoms with Gasteiger partial charge in [0.05, 0.1) is 17.1 Å². The lowest BCUT2D eigenvalue weighted by molar-refractivity contribution is -0.132. The van der Waals surface area contributed by atoms with Crippen molar-refractivity contribution < 1.29 is 22.8 Å². The molecule has 1 fully saturated rings. The summed E-state index contributed by atoms with van der Waals surface area (Å²) in [6, 6.07) is 21.7. The van der Waals surface area contributed by atoms with Gasteiger partial charge in [-0.3, -0.25) is 14.4 Å². The smallest absolute Gasteiger partial charge is 0.272 e. The van der Waals surface area contributed by atoms with Gasteiger partial charge in [0.25, 0.3) is 21.8 Å². The zero-order valence-electron chi connectivity index (χ0n) is 21.7. The van der Waals surface area contributed by atoms with Gasteiger partial charge >= 0.3 is 0 Å². The molecule has 39 heavy (non-hydrogen) atoms. The number of para-hydroxylation sites is 1. The molecule has 4 rings (SSSR count). The number of hydrogen-bond donors (Lipinski definition) is 2. The Morgan fingerprint density at radius 3 is 2.03 bits per heavy atom. The molecular weight excluding hydrogens is 516 g/mol. The first-order valence-electron chi connectivity index (χ1n) is 12.9. The van der Waals surface area contributed by atoms with Crippen LogP contribution in [0.15, 0.2) is 89.8 Å². The SMILES string of the molecule is CCN(C(=O)CNC(=O)c1ccc(S(=O)(=O)N(C(=O)c2ccccc2)c2ccccc2)cc1)C1CCNCC1. The summed E-state index contributed by atoms with van der Waals surface area (Å²) in [5.41, 5.74) is 0.615. The average Bonchev–Trinajstić information content (AvgIpc) is 2.98. The van der Waals surface area contributed by atoms with Crippen molar-refractivity contribution in [2.45, 2.75) is 30.7 Å². The maximum Gasteiger partial charge on any atom is 0.272 e. The number of sulfonamides is 1. The average molecular weight is 549 g/mol. The lowest BCUT2D eigenvalue weighted by atomic mass is 10.0. The fourth-order valence-electron chi connectivity index (χ4n) is 4.63. The van der Waals surface area contributed by atoms with E-state index in [1.807, 2.05) is 6.92 Å². The van der Waals surface area contributed by atoms with Crippen molar-refractivity contribution in [1.82, 2.24) is 15.5 Å². The number of likely N-dealkylation sites (N-methyl/N-ethyl adjacent to an activating group) is 1. The van der Waals surface area contributed by atoms with Gasteiger partial charge in [0, 0.05) is 23.7 Å². The minimum absolute atomic E-state index is 0.147. The molecule has 1 aliphatic heterocycles. The summed E-state index contributed by atoms with van der Waals surface area (Å²) in [6.45, 7) is 4.04. The van der Waals surface area contributed by atoms with Gasteiger partial charge in [-0.2, -0.15) is 4.31 Å². The van der Waals surface area contributed by atoms with E-state index in [0.717, 1.165) is 30.2 Å². The van der Waals surface area contributed by atoms with Crippen LogP contribution in [0.4, 0.5) is 5.69 Å². The number of anilines is 1. The second kappa shape index (κ2) is 12.7. The molecule has 10 heteroatoms. The number of carbonyl (C=O) groups excluding carboxylic acids is 3. The Morgan fingerprint density at radius 2 is 1.44 bits per heavy atom. The summed E-state index contributed by atoms with van der Waals surface area (Å²) < 4.78 is 28.1. The Balaban J connectivity index is 1.49. The number of amides is 3. The number of nitrogens with one attached hydrogen (secondary N) is 2. The molecule has 3 aromatic rings. The van der Waals surface area contributed by atoms with Crippen LogP contribution in [0.25, 0.3) is 0 Å². The van der Waals surface area contributed by atoms with Crippen molar-refractivity contribution >= 4 is 33.4 Å². The van der Waals surface area contributed by atoms with E-state index < -0.39 is 21.8 Å². The van der Waals surface area contributed by atoms with Crippen LogP contribution in [-0.4, -0.2) is 63.3 Å². The second-order valence-corrected chi connectivity index (χ2v) is 10.9. The highest BCUT2D eigenvalue weighted by atomic mass is 32.2. The summed E-state index contributed by atoms with van der Waals surface area (Å²) >= 11 is 0. The standard InChI is InChI=1S/C29H32N4O5S/c1-2-32(24-17-19-30-20-18-24)27(34)21-31-28(35)22-13-15-26(16-14-22)39(37,38)33(25-11-7-4-8-12-25)29(36)23-9-5-3-6-10-23/h3-16,24,30H,2,17-21H2,1H3,(H,31,35). The first-order valence-corrected chi connectivity index (χ1v) is 14.3. The molecule has 0 aromatic heterocycles. The van der Waals surface area contributed by atoms with Gasteiger partial charge in [0.2, 0.25) is 5.91 Å². The Bertz CT molecular complexity index is 1390. The Morgan fingerprint density at radius 1 is 0.846 bits per heavy atom. The Labute approximate surface area is 228 Å². The number of nitrogens with zero attached hydrogens (tertiary/aromatic N) is 2. The van der Waals surface area contributed by atoms with E-state index in [1.54, 1.807) is 65.6 Å². The topological polar surface area (TPSA) is 116 Å². The minimum Gasteiger partial charge on any atom is -0.343 e. The molecule has 204 valence electrons. The van der Waals surface area contributed by atoms with Crippen LogP contribution < -0.4 is 14.9 Å². The predicted octanol–water partition coefficient (Wildman–Crippen LogP) is 3.05. The molecule has 0 radical (unpaired) electrons. The molecule has 0 saturated carbocycles. The second-order valence-electron chi connectivity index (χ2n) is 9.14. The molecule has 0 atom stereocenters. The van der Waals surface area contributed by atoms with Crippen molar-refractivity contribution in [3.8, 4) is 0 Å². The van der Waals surface area contributed by atoms with Crippen molar-refractivity contribution in [2.75, 3.05) is 30.5 Å². The van der Waals surface area contributed by atoms with E-state index in [1.165, 1.54) is 24.3 Å². The number of benzene rings is 3. The summed E-state index contributed by atoms with van der Waals surface area (Å²) in [5, 5.41) is 5.92. The number of piperidine rings is 1. The molecule has 1 aliphatic rings. The third-order valence-corrected chi connectivity index (χ3v) is 8.39. The molecule has 0 bridgehead atoms. The van der Waals surface area contributed by atoms with Crippen molar-refractivity contribution in [1.29, 1.82) is 0 Å². The van der Waals surface area contributed by atoms with E-state index in [-0.39, 0.29) is 40.2 Å². The molecule has 0 unspecified atom stereocenters. The van der Waals surface area contributed by atoms with Gasteiger partial charge < -0.3 is 15.5 Å². The van der Waals surface area contributed by atoms with Crippen LogP contribution in [0.1, 0.15) is 40.5 Å². The fraction of sp³-hybridized carbons (Fsp3) is 0.276. The van der Waals surface area contributed by atoms with Gasteiger partial charge in [-0.25, -0.2) is 8.42 Å². The number of carbonyl (C=O) groups is 3. The monoisotopic (exact) mass is 548 g/mol. The first-order chi connectivity index (χ1) is 18.8. The van der Waals surface area contributed by atoms with Gasteiger partial charge in [0.15, 0.2) is 0 Å². The zero-order valence-corrected chi connectivity index (χ0v) is 22.6. The number of rotatable bonds is 9. The highest BCUT2D eigenvalue weighted by Gasteiger charge is 2.32. The third kappa shape index (κ3) is 6.52. The third-order valence-electron chi connectivity index (χ3n) is 6.66. The largest absolute Gasteiger partial charge is 0.343 e. The molecule has 2 N–H and O–H groups in total. The summed E-state index contributed by atoms with van der Waals surface area (Å²) in [4.78, 5) is 40.5. The molecular formula is C29H32N4O5S. The van der Waals surface area contributed by atoms with Crippen molar-refractivity contribution in [3.63, 3.8) is 0 Å². The molecule has 1 saturated heterocycles. The maximum atomic E-state index is 13.7. The lowest BCUT2D eigenvalue weighted by Crippen LogP contribution is -2.49. The van der Waals surface area contributed by atoms with Crippen LogP contribution in [0.5, 0.6) is 0 Å². The van der Waals surface area contributed by atoms with Crippen LogP contribution in [-0.2, 0) is 14.8 Å². The summed E-state index contributed by atoms with van der Waals surface area (Å²) in [7, 11) is -4.31. The highest BCUT2D eigenvalue weighted by molar-refractivity contribution is 7.93.